The van der Waals surface area contributed by atoms with Crippen LogP contribution in [0.1, 0.15) is 26.2 Å². The summed E-state index contributed by atoms with van der Waals surface area (Å²) in [7, 11) is 2.03. The van der Waals surface area contributed by atoms with Gasteiger partial charge in [0, 0.05) is 19.3 Å². The van der Waals surface area contributed by atoms with Crippen molar-refractivity contribution in [2.45, 2.75) is 26.2 Å². The molecular formula is C15H25N3O. The number of ether oxygens (including phenoxy) is 1. The van der Waals surface area contributed by atoms with Gasteiger partial charge in [-0.25, -0.2) is 4.98 Å². The Balaban J connectivity index is 1.93. The van der Waals surface area contributed by atoms with Gasteiger partial charge in [-0.15, -0.1) is 0 Å². The maximum absolute atomic E-state index is 5.67. The number of hydrogen-bond donors (Lipinski definition) is 1. The minimum atomic E-state index is 0.692. The lowest BCUT2D eigenvalue weighted by molar-refractivity contribution is 0.333. The summed E-state index contributed by atoms with van der Waals surface area (Å²) in [4.78, 5) is 6.86. The number of pyridine rings is 1. The van der Waals surface area contributed by atoms with Crippen molar-refractivity contribution in [2.24, 2.45) is 5.92 Å². The lowest BCUT2D eigenvalue weighted by Crippen LogP contribution is -2.35. The zero-order chi connectivity index (χ0) is 13.5. The average Bonchev–Trinajstić information content (AvgIpc) is 2.47. The van der Waals surface area contributed by atoms with Crippen LogP contribution in [0.5, 0.6) is 5.75 Å². The number of rotatable bonds is 6. The Labute approximate surface area is 116 Å². The highest BCUT2D eigenvalue weighted by molar-refractivity contribution is 5.52. The molecule has 0 aromatic carbocycles. The zero-order valence-electron chi connectivity index (χ0n) is 12.1. The first kappa shape index (κ1) is 14.1. The molecule has 19 heavy (non-hydrogen) atoms. The van der Waals surface area contributed by atoms with E-state index < -0.39 is 0 Å². The second-order valence-electron chi connectivity index (χ2n) is 5.08. The van der Waals surface area contributed by atoms with Gasteiger partial charge in [-0.2, -0.15) is 0 Å². The number of piperidine rings is 1. The minimum Gasteiger partial charge on any atom is -0.490 e. The molecule has 2 heterocycles. The van der Waals surface area contributed by atoms with E-state index in [-0.39, 0.29) is 0 Å². The fraction of sp³-hybridized carbons (Fsp3) is 0.667. The van der Waals surface area contributed by atoms with Crippen molar-refractivity contribution in [1.29, 1.82) is 0 Å². The zero-order valence-corrected chi connectivity index (χ0v) is 12.1. The lowest BCUT2D eigenvalue weighted by atomic mass is 9.93. The molecule has 1 aromatic rings. The van der Waals surface area contributed by atoms with Crippen molar-refractivity contribution in [3.05, 3.63) is 18.3 Å². The first-order valence-corrected chi connectivity index (χ1v) is 7.32. The van der Waals surface area contributed by atoms with Crippen LogP contribution in [0.15, 0.2) is 18.3 Å². The third-order valence-corrected chi connectivity index (χ3v) is 3.77. The molecule has 106 valence electrons. The van der Waals surface area contributed by atoms with Crippen molar-refractivity contribution in [2.75, 3.05) is 38.2 Å². The maximum Gasteiger partial charge on any atom is 0.171 e. The minimum absolute atomic E-state index is 0.692. The molecule has 0 saturated carbocycles. The Morgan fingerprint density at radius 3 is 2.89 bits per heavy atom. The van der Waals surface area contributed by atoms with Crippen LogP contribution in [-0.4, -0.2) is 38.3 Å². The summed E-state index contributed by atoms with van der Waals surface area (Å²) in [6.45, 7) is 6.01. The summed E-state index contributed by atoms with van der Waals surface area (Å²) in [5.41, 5.74) is 0. The molecule has 1 fully saturated rings. The smallest absolute Gasteiger partial charge is 0.171 e. The van der Waals surface area contributed by atoms with Gasteiger partial charge in [0.05, 0.1) is 6.61 Å². The van der Waals surface area contributed by atoms with Crippen LogP contribution < -0.4 is 15.0 Å². The first-order chi connectivity index (χ1) is 9.35. The third-order valence-electron chi connectivity index (χ3n) is 3.77. The predicted molar refractivity (Wildman–Crippen MR) is 78.9 cm³/mol. The van der Waals surface area contributed by atoms with Crippen molar-refractivity contribution in [3.8, 4) is 5.75 Å². The SMILES string of the molecule is CCOc1cccnc1N1CCC(CCNC)CC1. The molecule has 1 aliphatic rings. The maximum atomic E-state index is 5.67. The molecule has 1 aromatic heterocycles. The Morgan fingerprint density at radius 2 is 2.21 bits per heavy atom. The third kappa shape index (κ3) is 3.83. The molecular weight excluding hydrogens is 238 g/mol. The van der Waals surface area contributed by atoms with Crippen LogP contribution in [0, 0.1) is 5.92 Å². The summed E-state index contributed by atoms with van der Waals surface area (Å²) < 4.78 is 5.67. The molecule has 0 spiro atoms. The number of anilines is 1. The van der Waals surface area contributed by atoms with Crippen molar-refractivity contribution >= 4 is 5.82 Å². The van der Waals surface area contributed by atoms with E-state index >= 15 is 0 Å². The van der Waals surface area contributed by atoms with Crippen molar-refractivity contribution in [3.63, 3.8) is 0 Å². The van der Waals surface area contributed by atoms with Gasteiger partial charge in [-0.1, -0.05) is 0 Å². The quantitative estimate of drug-likeness (QED) is 0.854. The van der Waals surface area contributed by atoms with Gasteiger partial charge in [0.15, 0.2) is 11.6 Å². The fourth-order valence-corrected chi connectivity index (χ4v) is 2.67. The fourth-order valence-electron chi connectivity index (χ4n) is 2.67. The second-order valence-corrected chi connectivity index (χ2v) is 5.08. The normalized spacial score (nSPS) is 16.6. The molecule has 0 unspecified atom stereocenters. The van der Waals surface area contributed by atoms with E-state index in [2.05, 4.69) is 15.2 Å². The highest BCUT2D eigenvalue weighted by Gasteiger charge is 2.21. The summed E-state index contributed by atoms with van der Waals surface area (Å²) >= 11 is 0. The summed E-state index contributed by atoms with van der Waals surface area (Å²) in [5, 5.41) is 3.24. The standard InChI is InChI=1S/C15H25N3O/c1-3-19-14-5-4-9-17-15(14)18-11-7-13(8-12-18)6-10-16-2/h4-5,9,13,16H,3,6-8,10-12H2,1-2H3. The van der Waals surface area contributed by atoms with E-state index in [0.29, 0.717) is 6.61 Å². The number of nitrogens with zero attached hydrogens (tertiary/aromatic N) is 2. The summed E-state index contributed by atoms with van der Waals surface area (Å²) in [5.74, 6) is 2.78. The van der Waals surface area contributed by atoms with Crippen LogP contribution >= 0.6 is 0 Å². The Kier molecular flexibility index (Phi) is 5.45. The monoisotopic (exact) mass is 263 g/mol. The molecule has 0 atom stereocenters. The molecule has 1 saturated heterocycles. The second kappa shape index (κ2) is 7.34. The lowest BCUT2D eigenvalue weighted by Gasteiger charge is -2.33. The topological polar surface area (TPSA) is 37.4 Å². The van der Waals surface area contributed by atoms with E-state index in [4.69, 9.17) is 4.74 Å². The highest BCUT2D eigenvalue weighted by Crippen LogP contribution is 2.30. The largest absolute Gasteiger partial charge is 0.490 e. The van der Waals surface area contributed by atoms with Crippen LogP contribution in [-0.2, 0) is 0 Å². The molecule has 0 amide bonds. The van der Waals surface area contributed by atoms with Crippen LogP contribution in [0.25, 0.3) is 0 Å². The van der Waals surface area contributed by atoms with Crippen molar-refractivity contribution < 1.29 is 4.74 Å². The summed E-state index contributed by atoms with van der Waals surface area (Å²) in [6, 6.07) is 3.95. The van der Waals surface area contributed by atoms with Crippen molar-refractivity contribution in [1.82, 2.24) is 10.3 Å². The van der Waals surface area contributed by atoms with Gasteiger partial charge in [0.1, 0.15) is 0 Å². The van der Waals surface area contributed by atoms with E-state index in [1.807, 2.05) is 32.3 Å². The van der Waals surface area contributed by atoms with E-state index in [1.54, 1.807) is 0 Å². The number of aromatic nitrogens is 1. The van der Waals surface area contributed by atoms with Gasteiger partial charge in [0.2, 0.25) is 0 Å². The molecule has 0 radical (unpaired) electrons. The van der Waals surface area contributed by atoms with Gasteiger partial charge >= 0.3 is 0 Å². The molecule has 2 rings (SSSR count). The number of nitrogens with one attached hydrogen (secondary N) is 1. The first-order valence-electron chi connectivity index (χ1n) is 7.32. The molecule has 1 N–H and O–H groups in total. The molecule has 4 nitrogen and oxygen atoms in total. The average molecular weight is 263 g/mol. The molecule has 4 heteroatoms. The van der Waals surface area contributed by atoms with Crippen LogP contribution in [0.4, 0.5) is 5.82 Å². The van der Waals surface area contributed by atoms with Crippen LogP contribution in [0.3, 0.4) is 0 Å². The van der Waals surface area contributed by atoms with E-state index in [0.717, 1.165) is 37.1 Å². The molecule has 1 aliphatic heterocycles. The van der Waals surface area contributed by atoms with Gasteiger partial charge in [-0.05, 0) is 57.8 Å². The van der Waals surface area contributed by atoms with Crippen LogP contribution in [0.2, 0.25) is 0 Å². The molecule has 0 aliphatic carbocycles. The van der Waals surface area contributed by atoms with E-state index in [9.17, 15) is 0 Å². The molecule has 0 bridgehead atoms. The van der Waals surface area contributed by atoms with E-state index in [1.165, 1.54) is 19.3 Å². The Hall–Kier alpha value is -1.29. The Morgan fingerprint density at radius 1 is 1.42 bits per heavy atom. The van der Waals surface area contributed by atoms with Gasteiger partial charge in [-0.3, -0.25) is 0 Å². The number of hydrogen-bond acceptors (Lipinski definition) is 4. The van der Waals surface area contributed by atoms with Gasteiger partial charge < -0.3 is 15.0 Å². The summed E-state index contributed by atoms with van der Waals surface area (Å²) in [6.07, 6.45) is 5.64. The predicted octanol–water partition coefficient (Wildman–Crippen LogP) is 2.31. The highest BCUT2D eigenvalue weighted by atomic mass is 16.5. The Bertz CT molecular complexity index is 375. The van der Waals surface area contributed by atoms with Gasteiger partial charge in [0.25, 0.3) is 0 Å².